The predicted molar refractivity (Wildman–Crippen MR) is 177 cm³/mol. The Labute approximate surface area is 272 Å². The Morgan fingerprint density at radius 2 is 1.53 bits per heavy atom. The molecule has 0 saturated carbocycles. The highest BCUT2D eigenvalue weighted by Crippen LogP contribution is 2.34. The molecular formula is C33H38BrCl2N3O4. The number of nitrogens with one attached hydrogen (secondary N) is 1. The standard InChI is InChI=1S/C33H38BrCl2N3O4/c34-26-20-24(19-25(31(26)37)22-39-15-6-1-2-7-16-39)33(41)43-18-9-3-8-17-42-30(40)21-23-11-4-5-14-29(23)38-32-27(35)12-10-13-28(32)36/h4-5,10-14,19-20,38H,1-3,6-9,15-18,21-22,37H2. The topological polar surface area (TPSA) is 93.9 Å². The van der Waals surface area contributed by atoms with Crippen LogP contribution in [0.3, 0.4) is 0 Å². The van der Waals surface area contributed by atoms with Crippen molar-refractivity contribution in [2.75, 3.05) is 37.4 Å². The van der Waals surface area contributed by atoms with E-state index in [0.29, 0.717) is 57.5 Å². The van der Waals surface area contributed by atoms with Crippen LogP contribution in [0.1, 0.15) is 66.4 Å². The summed E-state index contributed by atoms with van der Waals surface area (Å²) in [4.78, 5) is 27.7. The first kappa shape index (κ1) is 33.1. The van der Waals surface area contributed by atoms with Crippen LogP contribution in [0.4, 0.5) is 17.1 Å². The number of nitrogens with two attached hydrogens (primary N) is 1. The monoisotopic (exact) mass is 689 g/mol. The van der Waals surface area contributed by atoms with E-state index in [1.165, 1.54) is 25.7 Å². The van der Waals surface area contributed by atoms with E-state index in [2.05, 4.69) is 26.1 Å². The quantitative estimate of drug-likeness (QED) is 0.105. The summed E-state index contributed by atoms with van der Waals surface area (Å²) in [6, 6.07) is 16.3. The first-order valence-electron chi connectivity index (χ1n) is 14.7. The Kier molecular flexibility index (Phi) is 13.0. The number of hydrogen-bond acceptors (Lipinski definition) is 7. The Morgan fingerprint density at radius 1 is 0.860 bits per heavy atom. The molecule has 1 fully saturated rings. The SMILES string of the molecule is Nc1c(Br)cc(C(=O)OCCCCCOC(=O)Cc2ccccc2Nc2c(Cl)cccc2Cl)cc1CN1CCCCCC1. The largest absolute Gasteiger partial charge is 0.465 e. The smallest absolute Gasteiger partial charge is 0.338 e. The Bertz CT molecular complexity index is 1380. The molecule has 0 aromatic heterocycles. The first-order valence-corrected chi connectivity index (χ1v) is 16.3. The molecule has 43 heavy (non-hydrogen) atoms. The van der Waals surface area contributed by atoms with Gasteiger partial charge in [0, 0.05) is 16.7 Å². The number of esters is 2. The molecule has 0 aliphatic carbocycles. The highest BCUT2D eigenvalue weighted by Gasteiger charge is 2.17. The summed E-state index contributed by atoms with van der Waals surface area (Å²) in [6.45, 7) is 3.40. The molecule has 0 atom stereocenters. The normalized spacial score (nSPS) is 13.7. The first-order chi connectivity index (χ1) is 20.8. The van der Waals surface area contributed by atoms with E-state index < -0.39 is 0 Å². The lowest BCUT2D eigenvalue weighted by atomic mass is 10.1. The molecule has 3 aromatic rings. The van der Waals surface area contributed by atoms with Gasteiger partial charge >= 0.3 is 11.9 Å². The zero-order chi connectivity index (χ0) is 30.6. The van der Waals surface area contributed by atoms with Crippen LogP contribution in [0, 0.1) is 0 Å². The minimum atomic E-state index is -0.366. The molecule has 230 valence electrons. The van der Waals surface area contributed by atoms with E-state index in [9.17, 15) is 9.59 Å². The summed E-state index contributed by atoms with van der Waals surface area (Å²) in [5.74, 6) is -0.689. The fourth-order valence-electron chi connectivity index (χ4n) is 5.03. The fourth-order valence-corrected chi connectivity index (χ4v) is 6.02. The number of nitrogen functional groups attached to an aromatic ring is 1. The third kappa shape index (κ3) is 10.1. The number of benzene rings is 3. The molecule has 0 amide bonds. The average Bonchev–Trinajstić information content (AvgIpc) is 3.26. The summed E-state index contributed by atoms with van der Waals surface area (Å²) in [7, 11) is 0. The number of nitrogens with zero attached hydrogens (tertiary/aromatic N) is 1. The zero-order valence-electron chi connectivity index (χ0n) is 24.2. The number of rotatable bonds is 13. The number of ether oxygens (including phenoxy) is 2. The Morgan fingerprint density at radius 3 is 2.26 bits per heavy atom. The van der Waals surface area contributed by atoms with Gasteiger partial charge in [0.15, 0.2) is 0 Å². The number of carbonyl (C=O) groups is 2. The van der Waals surface area contributed by atoms with Gasteiger partial charge in [-0.2, -0.15) is 0 Å². The third-order valence-electron chi connectivity index (χ3n) is 7.40. The van der Waals surface area contributed by atoms with Gasteiger partial charge in [-0.3, -0.25) is 9.69 Å². The summed E-state index contributed by atoms with van der Waals surface area (Å²) in [5.41, 5.74) is 10.5. The number of halogens is 3. The van der Waals surface area contributed by atoms with Gasteiger partial charge in [0.25, 0.3) is 0 Å². The van der Waals surface area contributed by atoms with Crippen molar-refractivity contribution >= 4 is 68.1 Å². The van der Waals surface area contributed by atoms with E-state index >= 15 is 0 Å². The van der Waals surface area contributed by atoms with Gasteiger partial charge in [0.1, 0.15) is 0 Å². The summed E-state index contributed by atoms with van der Waals surface area (Å²) in [5, 5.41) is 4.21. The molecule has 0 bridgehead atoms. The number of unbranched alkanes of at least 4 members (excludes halogenated alkanes) is 2. The number of para-hydroxylation sites is 2. The molecule has 3 N–H and O–H groups in total. The summed E-state index contributed by atoms with van der Waals surface area (Å²) < 4.78 is 11.7. The van der Waals surface area contributed by atoms with Crippen molar-refractivity contribution in [1.29, 1.82) is 0 Å². The van der Waals surface area contributed by atoms with Gasteiger partial charge in [0.05, 0.1) is 46.6 Å². The Balaban J connectivity index is 1.17. The van der Waals surface area contributed by atoms with Crippen LogP contribution in [-0.4, -0.2) is 43.1 Å². The third-order valence-corrected chi connectivity index (χ3v) is 8.69. The molecule has 1 saturated heterocycles. The van der Waals surface area contributed by atoms with Crippen LogP contribution < -0.4 is 11.1 Å². The molecule has 0 radical (unpaired) electrons. The van der Waals surface area contributed by atoms with Crippen LogP contribution >= 0.6 is 39.1 Å². The second-order valence-corrected chi connectivity index (χ2v) is 12.4. The molecule has 10 heteroatoms. The maximum Gasteiger partial charge on any atom is 0.338 e. The van der Waals surface area contributed by atoms with Gasteiger partial charge in [-0.25, -0.2) is 4.79 Å². The molecule has 7 nitrogen and oxygen atoms in total. The van der Waals surface area contributed by atoms with Crippen LogP contribution in [0.15, 0.2) is 59.1 Å². The molecule has 1 aliphatic heterocycles. The Hall–Kier alpha value is -2.78. The predicted octanol–water partition coefficient (Wildman–Crippen LogP) is 8.57. The number of hydrogen-bond donors (Lipinski definition) is 2. The zero-order valence-corrected chi connectivity index (χ0v) is 27.3. The van der Waals surface area contributed by atoms with E-state index in [4.69, 9.17) is 38.4 Å². The van der Waals surface area contributed by atoms with Crippen molar-refractivity contribution in [1.82, 2.24) is 4.90 Å². The highest BCUT2D eigenvalue weighted by atomic mass is 79.9. The second kappa shape index (κ2) is 16.9. The lowest BCUT2D eigenvalue weighted by Crippen LogP contribution is -2.24. The van der Waals surface area contributed by atoms with Gasteiger partial charge in [-0.15, -0.1) is 0 Å². The maximum absolute atomic E-state index is 12.8. The lowest BCUT2D eigenvalue weighted by Gasteiger charge is -2.21. The van der Waals surface area contributed by atoms with Crippen molar-refractivity contribution in [3.05, 3.63) is 85.8 Å². The average molecular weight is 691 g/mol. The van der Waals surface area contributed by atoms with Gasteiger partial charge in [-0.1, -0.05) is 60.3 Å². The molecule has 3 aromatic carbocycles. The van der Waals surface area contributed by atoms with Crippen molar-refractivity contribution in [2.45, 2.75) is 57.9 Å². The van der Waals surface area contributed by atoms with Gasteiger partial charge in [-0.05, 0) is 103 Å². The van der Waals surface area contributed by atoms with Crippen molar-refractivity contribution < 1.29 is 19.1 Å². The number of anilines is 3. The fraction of sp³-hybridized carbons (Fsp3) is 0.394. The second-order valence-electron chi connectivity index (χ2n) is 10.7. The molecule has 0 unspecified atom stereocenters. The van der Waals surface area contributed by atoms with Crippen molar-refractivity contribution in [3.63, 3.8) is 0 Å². The summed E-state index contributed by atoms with van der Waals surface area (Å²) >= 11 is 16.1. The van der Waals surface area contributed by atoms with E-state index in [1.54, 1.807) is 24.3 Å². The molecule has 1 aliphatic rings. The van der Waals surface area contributed by atoms with Gasteiger partial charge < -0.3 is 20.5 Å². The molecule has 4 rings (SSSR count). The van der Waals surface area contributed by atoms with Crippen LogP contribution in [-0.2, 0) is 27.2 Å². The van der Waals surface area contributed by atoms with Crippen LogP contribution in [0.25, 0.3) is 0 Å². The van der Waals surface area contributed by atoms with Crippen LogP contribution in [0.2, 0.25) is 10.0 Å². The van der Waals surface area contributed by atoms with Crippen LogP contribution in [0.5, 0.6) is 0 Å². The van der Waals surface area contributed by atoms with Crippen molar-refractivity contribution in [2.24, 2.45) is 0 Å². The minimum absolute atomic E-state index is 0.111. The summed E-state index contributed by atoms with van der Waals surface area (Å²) in [6.07, 6.45) is 7.11. The van der Waals surface area contributed by atoms with Gasteiger partial charge in [0.2, 0.25) is 0 Å². The maximum atomic E-state index is 12.8. The van der Waals surface area contributed by atoms with E-state index in [1.807, 2.05) is 30.3 Å². The number of likely N-dealkylation sites (tertiary alicyclic amines) is 1. The van der Waals surface area contributed by atoms with E-state index in [0.717, 1.165) is 42.9 Å². The van der Waals surface area contributed by atoms with Crippen molar-refractivity contribution in [3.8, 4) is 0 Å². The number of carbonyl (C=O) groups excluding carboxylic acids is 2. The molecule has 1 heterocycles. The van der Waals surface area contributed by atoms with E-state index in [-0.39, 0.29) is 18.4 Å². The highest BCUT2D eigenvalue weighted by molar-refractivity contribution is 9.10. The molecule has 0 spiro atoms. The minimum Gasteiger partial charge on any atom is -0.465 e. The molecular weight excluding hydrogens is 653 g/mol. The lowest BCUT2D eigenvalue weighted by molar-refractivity contribution is -0.142.